The zero-order valence-electron chi connectivity index (χ0n) is 19.2. The lowest BCUT2D eigenvalue weighted by molar-refractivity contribution is 0.0900. The molecule has 0 spiro atoms. The number of hydrogen-bond acceptors (Lipinski definition) is 3. The molecule has 5 rings (SSSR count). The van der Waals surface area contributed by atoms with Crippen molar-refractivity contribution in [3.8, 4) is 0 Å². The summed E-state index contributed by atoms with van der Waals surface area (Å²) in [6, 6.07) is 10.5. The van der Waals surface area contributed by atoms with Crippen LogP contribution in [-0.4, -0.2) is 23.1 Å². The van der Waals surface area contributed by atoms with Crippen molar-refractivity contribution in [2.45, 2.75) is 57.7 Å². The molecule has 34 heavy (non-hydrogen) atoms. The monoisotopic (exact) mass is 465 g/mol. The first-order valence-electron chi connectivity index (χ1n) is 12.1. The molecule has 0 bridgehead atoms. The van der Waals surface area contributed by atoms with Crippen LogP contribution in [0.3, 0.4) is 0 Å². The van der Waals surface area contributed by atoms with Crippen molar-refractivity contribution in [3.05, 3.63) is 81.3 Å². The minimum Gasteiger partial charge on any atom is -0.345 e. The van der Waals surface area contributed by atoms with Gasteiger partial charge in [-0.05, 0) is 68.8 Å². The Morgan fingerprint density at radius 3 is 2.62 bits per heavy atom. The van der Waals surface area contributed by atoms with Crippen molar-refractivity contribution in [3.63, 3.8) is 0 Å². The molecule has 7 heteroatoms. The maximum Gasteiger partial charge on any atom is 0.261 e. The van der Waals surface area contributed by atoms with Gasteiger partial charge in [-0.3, -0.25) is 9.59 Å². The van der Waals surface area contributed by atoms with Gasteiger partial charge in [-0.25, -0.2) is 8.78 Å². The van der Waals surface area contributed by atoms with E-state index in [2.05, 4.69) is 10.6 Å². The zero-order valence-corrected chi connectivity index (χ0v) is 19.2. The molecule has 0 radical (unpaired) electrons. The molecule has 2 aromatic carbocycles. The van der Waals surface area contributed by atoms with E-state index in [4.69, 9.17) is 0 Å². The zero-order chi connectivity index (χ0) is 23.8. The van der Waals surface area contributed by atoms with Gasteiger partial charge in [0, 0.05) is 23.7 Å². The highest BCUT2D eigenvalue weighted by Gasteiger charge is 2.32. The number of carbonyl (C=O) groups is 1. The molecule has 2 unspecified atom stereocenters. The third-order valence-electron chi connectivity index (χ3n) is 7.42. The van der Waals surface area contributed by atoms with Crippen molar-refractivity contribution in [2.24, 2.45) is 5.92 Å². The average Bonchev–Trinajstić information content (AvgIpc) is 3.28. The lowest BCUT2D eigenvalue weighted by Gasteiger charge is -2.35. The Morgan fingerprint density at radius 2 is 1.94 bits per heavy atom. The Morgan fingerprint density at radius 1 is 1.15 bits per heavy atom. The molecule has 1 aliphatic carbocycles. The Bertz CT molecular complexity index is 1290. The Labute approximate surface area is 197 Å². The van der Waals surface area contributed by atoms with Crippen molar-refractivity contribution < 1.29 is 13.6 Å². The summed E-state index contributed by atoms with van der Waals surface area (Å²) in [5.41, 5.74) is 1.11. The second-order valence-electron chi connectivity index (χ2n) is 9.53. The largest absolute Gasteiger partial charge is 0.345 e. The number of nitrogens with one attached hydrogen (secondary N) is 2. The maximum absolute atomic E-state index is 14.9. The number of hydrogen-bond donors (Lipinski definition) is 2. The number of carbonyl (C=O) groups excluding carboxylic acids is 1. The third-order valence-corrected chi connectivity index (χ3v) is 7.42. The molecule has 2 N–H and O–H groups in total. The van der Waals surface area contributed by atoms with E-state index in [-0.39, 0.29) is 35.1 Å². The van der Waals surface area contributed by atoms with Crippen LogP contribution in [0.4, 0.5) is 8.78 Å². The van der Waals surface area contributed by atoms with Gasteiger partial charge in [0.25, 0.3) is 11.5 Å². The summed E-state index contributed by atoms with van der Waals surface area (Å²) in [7, 11) is 0. The van der Waals surface area contributed by atoms with Crippen LogP contribution in [0.25, 0.3) is 10.8 Å². The summed E-state index contributed by atoms with van der Waals surface area (Å²) in [5, 5.41) is 6.72. The van der Waals surface area contributed by atoms with Crippen molar-refractivity contribution >= 4 is 16.7 Å². The fraction of sp³-hybridized carbons (Fsp3) is 0.407. The average molecular weight is 466 g/mol. The lowest BCUT2D eigenvalue weighted by atomic mass is 9.77. The molecule has 1 saturated heterocycles. The van der Waals surface area contributed by atoms with Crippen LogP contribution in [0.2, 0.25) is 0 Å². The van der Waals surface area contributed by atoms with Crippen LogP contribution in [-0.2, 0) is 6.54 Å². The highest BCUT2D eigenvalue weighted by atomic mass is 19.1. The minimum absolute atomic E-state index is 0.0674. The summed E-state index contributed by atoms with van der Waals surface area (Å²) in [4.78, 5) is 27.0. The topological polar surface area (TPSA) is 63.1 Å². The van der Waals surface area contributed by atoms with Crippen LogP contribution in [0.15, 0.2) is 47.3 Å². The van der Waals surface area contributed by atoms with Gasteiger partial charge in [-0.15, -0.1) is 0 Å². The van der Waals surface area contributed by atoms with Gasteiger partial charge >= 0.3 is 0 Å². The van der Waals surface area contributed by atoms with Crippen LogP contribution < -0.4 is 16.2 Å². The number of aromatic nitrogens is 1. The first kappa shape index (κ1) is 22.7. The molecule has 2 fully saturated rings. The molecule has 3 aromatic rings. The molecule has 1 aliphatic heterocycles. The summed E-state index contributed by atoms with van der Waals surface area (Å²) >= 11 is 0. The standard InChI is InChI=1S/C27H29F2N3O2/c1-16-23(26(33)31-25(17-6-2-7-17)18-8-3-9-19(28)14-18)21-11-4-12-22(29)24(21)27(34)32(16)15-20-10-5-13-30-20/h3-4,8-9,11-12,14,17,20,25,30H,2,5-7,10,13,15H2,1H3,(H,31,33). The van der Waals surface area contributed by atoms with Gasteiger partial charge in [0.05, 0.1) is 17.0 Å². The Kier molecular flexibility index (Phi) is 6.21. The van der Waals surface area contributed by atoms with Crippen molar-refractivity contribution in [1.82, 2.24) is 15.2 Å². The quantitative estimate of drug-likeness (QED) is 0.559. The van der Waals surface area contributed by atoms with Crippen LogP contribution >= 0.6 is 0 Å². The SMILES string of the molecule is Cc1c(C(=O)NC(c2cccc(F)c2)C2CCC2)c2cccc(F)c2c(=O)n1CC1CCCN1. The molecule has 2 atom stereocenters. The van der Waals surface area contributed by atoms with Crippen LogP contribution in [0.5, 0.6) is 0 Å². The van der Waals surface area contributed by atoms with E-state index in [1.165, 1.54) is 28.8 Å². The van der Waals surface area contributed by atoms with Gasteiger partial charge in [0.1, 0.15) is 11.6 Å². The minimum atomic E-state index is -0.634. The van der Waals surface area contributed by atoms with Crippen molar-refractivity contribution in [1.29, 1.82) is 0 Å². The Hall–Kier alpha value is -3.06. The summed E-state index contributed by atoms with van der Waals surface area (Å²) in [5.74, 6) is -1.15. The van der Waals surface area contributed by atoms with Crippen LogP contribution in [0.1, 0.15) is 59.8 Å². The first-order chi connectivity index (χ1) is 16.4. The van der Waals surface area contributed by atoms with E-state index in [0.717, 1.165) is 44.2 Å². The molecule has 2 heterocycles. The molecular weight excluding hydrogens is 436 g/mol. The van der Waals surface area contributed by atoms with Gasteiger partial charge in [0.15, 0.2) is 0 Å². The fourth-order valence-corrected chi connectivity index (χ4v) is 5.37. The third kappa shape index (κ3) is 4.13. The maximum atomic E-state index is 14.9. The number of pyridine rings is 1. The molecular formula is C27H29F2N3O2. The van der Waals surface area contributed by atoms with E-state index in [1.54, 1.807) is 19.1 Å². The summed E-state index contributed by atoms with van der Waals surface area (Å²) < 4.78 is 30.4. The Balaban J connectivity index is 1.59. The second kappa shape index (κ2) is 9.29. The highest BCUT2D eigenvalue weighted by molar-refractivity contribution is 6.08. The molecule has 5 nitrogen and oxygen atoms in total. The van der Waals surface area contributed by atoms with Crippen molar-refractivity contribution in [2.75, 3.05) is 6.54 Å². The lowest BCUT2D eigenvalue weighted by Crippen LogP contribution is -2.39. The number of nitrogens with zero attached hydrogens (tertiary/aromatic N) is 1. The normalized spacial score (nSPS) is 19.2. The van der Waals surface area contributed by atoms with Gasteiger partial charge in [-0.1, -0.05) is 30.7 Å². The fourth-order valence-electron chi connectivity index (χ4n) is 5.37. The number of fused-ring (bicyclic) bond motifs is 1. The highest BCUT2D eigenvalue weighted by Crippen LogP contribution is 2.38. The van der Waals surface area contributed by atoms with E-state index in [9.17, 15) is 18.4 Å². The van der Waals surface area contributed by atoms with Gasteiger partial charge in [-0.2, -0.15) is 0 Å². The number of rotatable bonds is 6. The molecule has 1 aromatic heterocycles. The number of benzene rings is 2. The van der Waals surface area contributed by atoms with E-state index in [0.29, 0.717) is 23.2 Å². The summed E-state index contributed by atoms with van der Waals surface area (Å²) in [6.45, 7) is 3.01. The van der Waals surface area contributed by atoms with Crippen LogP contribution in [0, 0.1) is 24.5 Å². The van der Waals surface area contributed by atoms with E-state index in [1.807, 2.05) is 6.07 Å². The predicted molar refractivity (Wildman–Crippen MR) is 128 cm³/mol. The predicted octanol–water partition coefficient (Wildman–Crippen LogP) is 4.61. The molecule has 2 aliphatic rings. The molecule has 1 saturated carbocycles. The van der Waals surface area contributed by atoms with Gasteiger partial charge < -0.3 is 15.2 Å². The molecule has 1 amide bonds. The number of amides is 1. The number of halogens is 2. The van der Waals surface area contributed by atoms with Gasteiger partial charge in [0.2, 0.25) is 0 Å². The van der Waals surface area contributed by atoms with E-state index >= 15 is 0 Å². The smallest absolute Gasteiger partial charge is 0.261 e. The second-order valence-corrected chi connectivity index (χ2v) is 9.53. The first-order valence-corrected chi connectivity index (χ1v) is 12.1. The van der Waals surface area contributed by atoms with E-state index < -0.39 is 11.4 Å². The summed E-state index contributed by atoms with van der Waals surface area (Å²) in [6.07, 6.45) is 4.90. The molecule has 178 valence electrons.